The summed E-state index contributed by atoms with van der Waals surface area (Å²) in [6, 6.07) is 5.99. The molecule has 0 aromatic heterocycles. The molecule has 0 spiro atoms. The summed E-state index contributed by atoms with van der Waals surface area (Å²) in [4.78, 5) is 0. The van der Waals surface area contributed by atoms with Crippen molar-refractivity contribution in [3.63, 3.8) is 0 Å². The molecule has 3 heteroatoms. The van der Waals surface area contributed by atoms with Crippen LogP contribution in [-0.2, 0) is 0 Å². The lowest BCUT2D eigenvalue weighted by Gasteiger charge is -2.18. The lowest BCUT2D eigenvalue weighted by molar-refractivity contribution is 0.151. The maximum absolute atomic E-state index is 9.20. The van der Waals surface area contributed by atoms with Crippen molar-refractivity contribution in [2.75, 3.05) is 13.2 Å². The first-order chi connectivity index (χ1) is 9.80. The number of ether oxygens (including phenoxy) is 2. The summed E-state index contributed by atoms with van der Waals surface area (Å²) in [5, 5.41) is 9.20. The van der Waals surface area contributed by atoms with Crippen molar-refractivity contribution in [3.8, 4) is 11.5 Å². The van der Waals surface area contributed by atoms with Crippen LogP contribution in [0, 0.1) is 0 Å². The first kappa shape index (κ1) is 14.9. The fourth-order valence-electron chi connectivity index (χ4n) is 2.77. The van der Waals surface area contributed by atoms with Gasteiger partial charge < -0.3 is 14.6 Å². The van der Waals surface area contributed by atoms with Crippen LogP contribution in [0.4, 0.5) is 0 Å². The van der Waals surface area contributed by atoms with Crippen molar-refractivity contribution in [2.24, 2.45) is 0 Å². The van der Waals surface area contributed by atoms with Crippen LogP contribution in [0.3, 0.4) is 0 Å². The number of rotatable bonds is 8. The summed E-state index contributed by atoms with van der Waals surface area (Å²) in [5.74, 6) is 2.17. The van der Waals surface area contributed by atoms with Crippen LogP contribution in [-0.4, -0.2) is 24.4 Å². The Morgan fingerprint density at radius 2 is 2.25 bits per heavy atom. The molecule has 110 valence electrons. The maximum atomic E-state index is 9.20. The van der Waals surface area contributed by atoms with Gasteiger partial charge in [0.05, 0.1) is 0 Å². The molecule has 1 aliphatic rings. The molecule has 1 heterocycles. The van der Waals surface area contributed by atoms with Gasteiger partial charge in [0, 0.05) is 24.5 Å². The highest BCUT2D eigenvalue weighted by Crippen LogP contribution is 2.43. The van der Waals surface area contributed by atoms with E-state index >= 15 is 0 Å². The zero-order valence-electron chi connectivity index (χ0n) is 12.2. The molecule has 0 saturated heterocycles. The smallest absolute Gasteiger partial charge is 0.123 e. The van der Waals surface area contributed by atoms with E-state index < -0.39 is 0 Å². The molecule has 0 aliphatic carbocycles. The lowest BCUT2D eigenvalue weighted by atomic mass is 9.89. The van der Waals surface area contributed by atoms with Gasteiger partial charge in [0.15, 0.2) is 0 Å². The number of hydrogen-bond acceptors (Lipinski definition) is 3. The van der Waals surface area contributed by atoms with E-state index in [0.29, 0.717) is 18.9 Å². The third-order valence-corrected chi connectivity index (χ3v) is 3.76. The van der Waals surface area contributed by atoms with Crippen LogP contribution in [0.1, 0.15) is 44.1 Å². The summed E-state index contributed by atoms with van der Waals surface area (Å²) in [6.45, 7) is 6.54. The van der Waals surface area contributed by atoms with Crippen LogP contribution in [0.5, 0.6) is 11.5 Å². The standard InChI is InChI=1S/C17H24O3/c1-3-5-6-14-15-12-13(19-11-4-2)7-8-16(15)20-17(14)9-10-18/h4,7-8,12,14,17-18H,2-3,5-6,9-11H2,1H3/t14-,17-/m0/s1. The molecule has 2 atom stereocenters. The van der Waals surface area contributed by atoms with Gasteiger partial charge in [-0.25, -0.2) is 0 Å². The predicted octanol–water partition coefficient (Wildman–Crippen LogP) is 3.67. The Bertz CT molecular complexity index is 442. The minimum atomic E-state index is 0.0937. The molecule has 0 saturated carbocycles. The average Bonchev–Trinajstić information content (AvgIpc) is 2.80. The first-order valence-electron chi connectivity index (χ1n) is 7.45. The molecule has 1 aliphatic heterocycles. The van der Waals surface area contributed by atoms with E-state index in [1.807, 2.05) is 12.1 Å². The molecular weight excluding hydrogens is 252 g/mol. The largest absolute Gasteiger partial charge is 0.490 e. The molecule has 1 aromatic carbocycles. The van der Waals surface area contributed by atoms with Crippen LogP contribution in [0.15, 0.2) is 30.9 Å². The average molecular weight is 276 g/mol. The molecule has 0 radical (unpaired) electrons. The zero-order chi connectivity index (χ0) is 14.4. The van der Waals surface area contributed by atoms with E-state index in [1.54, 1.807) is 6.08 Å². The third-order valence-electron chi connectivity index (χ3n) is 3.76. The third kappa shape index (κ3) is 3.34. The second kappa shape index (κ2) is 7.34. The van der Waals surface area contributed by atoms with E-state index in [1.165, 1.54) is 18.4 Å². The number of aliphatic hydroxyl groups excluding tert-OH is 1. The minimum absolute atomic E-state index is 0.0937. The Morgan fingerprint density at radius 1 is 1.40 bits per heavy atom. The molecule has 0 amide bonds. The minimum Gasteiger partial charge on any atom is -0.490 e. The summed E-state index contributed by atoms with van der Waals surface area (Å²) < 4.78 is 11.6. The van der Waals surface area contributed by atoms with E-state index in [2.05, 4.69) is 19.6 Å². The normalized spacial score (nSPS) is 20.3. The number of unbranched alkanes of at least 4 members (excludes halogenated alkanes) is 1. The second-order valence-electron chi connectivity index (χ2n) is 5.22. The van der Waals surface area contributed by atoms with Gasteiger partial charge in [-0.05, 0) is 24.6 Å². The fraction of sp³-hybridized carbons (Fsp3) is 0.529. The Kier molecular flexibility index (Phi) is 5.48. The Balaban J connectivity index is 2.18. The lowest BCUT2D eigenvalue weighted by Crippen LogP contribution is -2.20. The van der Waals surface area contributed by atoms with Gasteiger partial charge in [0.25, 0.3) is 0 Å². The van der Waals surface area contributed by atoms with Crippen molar-refractivity contribution in [1.29, 1.82) is 0 Å². The highest BCUT2D eigenvalue weighted by atomic mass is 16.5. The molecular formula is C17H24O3. The van der Waals surface area contributed by atoms with Crippen molar-refractivity contribution in [2.45, 2.75) is 44.6 Å². The van der Waals surface area contributed by atoms with Gasteiger partial charge in [0.1, 0.15) is 24.2 Å². The molecule has 0 unspecified atom stereocenters. The van der Waals surface area contributed by atoms with Crippen LogP contribution in [0.25, 0.3) is 0 Å². The van der Waals surface area contributed by atoms with Gasteiger partial charge in [0.2, 0.25) is 0 Å². The van der Waals surface area contributed by atoms with Crippen LogP contribution >= 0.6 is 0 Å². The molecule has 1 N–H and O–H groups in total. The van der Waals surface area contributed by atoms with Gasteiger partial charge in [-0.1, -0.05) is 32.4 Å². The number of hydrogen-bond donors (Lipinski definition) is 1. The maximum Gasteiger partial charge on any atom is 0.123 e. The zero-order valence-corrected chi connectivity index (χ0v) is 12.2. The quantitative estimate of drug-likeness (QED) is 0.736. The molecule has 20 heavy (non-hydrogen) atoms. The Labute approximate surface area is 121 Å². The summed E-state index contributed by atoms with van der Waals surface area (Å²) in [5.41, 5.74) is 1.22. The molecule has 2 rings (SSSR count). The number of benzene rings is 1. The van der Waals surface area contributed by atoms with E-state index in [-0.39, 0.29) is 12.7 Å². The van der Waals surface area contributed by atoms with Crippen LogP contribution < -0.4 is 9.47 Å². The van der Waals surface area contributed by atoms with Gasteiger partial charge in [-0.3, -0.25) is 0 Å². The molecule has 0 fully saturated rings. The van der Waals surface area contributed by atoms with Gasteiger partial charge >= 0.3 is 0 Å². The summed E-state index contributed by atoms with van der Waals surface area (Å²) >= 11 is 0. The summed E-state index contributed by atoms with van der Waals surface area (Å²) in [7, 11) is 0. The molecule has 3 nitrogen and oxygen atoms in total. The number of fused-ring (bicyclic) bond motifs is 1. The van der Waals surface area contributed by atoms with E-state index in [9.17, 15) is 5.11 Å². The monoisotopic (exact) mass is 276 g/mol. The predicted molar refractivity (Wildman–Crippen MR) is 80.5 cm³/mol. The SMILES string of the molecule is C=CCOc1ccc2c(c1)[C@H](CCCC)[C@H](CCO)O2. The summed E-state index contributed by atoms with van der Waals surface area (Å²) in [6.07, 6.45) is 5.96. The van der Waals surface area contributed by atoms with Crippen molar-refractivity contribution >= 4 is 0 Å². The Hall–Kier alpha value is -1.48. The van der Waals surface area contributed by atoms with Crippen molar-refractivity contribution in [1.82, 2.24) is 0 Å². The van der Waals surface area contributed by atoms with Crippen LogP contribution in [0.2, 0.25) is 0 Å². The second-order valence-corrected chi connectivity index (χ2v) is 5.22. The molecule has 1 aromatic rings. The number of aliphatic hydroxyl groups is 1. The topological polar surface area (TPSA) is 38.7 Å². The molecule has 0 bridgehead atoms. The van der Waals surface area contributed by atoms with Crippen molar-refractivity contribution in [3.05, 3.63) is 36.4 Å². The van der Waals surface area contributed by atoms with E-state index in [4.69, 9.17) is 9.47 Å². The fourth-order valence-corrected chi connectivity index (χ4v) is 2.77. The van der Waals surface area contributed by atoms with Gasteiger partial charge in [-0.2, -0.15) is 0 Å². The first-order valence-corrected chi connectivity index (χ1v) is 7.45. The highest BCUT2D eigenvalue weighted by Gasteiger charge is 2.33. The van der Waals surface area contributed by atoms with E-state index in [0.717, 1.165) is 17.9 Å². The Morgan fingerprint density at radius 3 is 2.95 bits per heavy atom. The van der Waals surface area contributed by atoms with Gasteiger partial charge in [-0.15, -0.1) is 0 Å². The highest BCUT2D eigenvalue weighted by molar-refractivity contribution is 5.46. The van der Waals surface area contributed by atoms with Crippen molar-refractivity contribution < 1.29 is 14.6 Å².